The summed E-state index contributed by atoms with van der Waals surface area (Å²) in [5.41, 5.74) is 0.863. The standard InChI is InChI=1S/C35H27BrF3N3O5S2/c1-15-5-4-6-17(11-15)40-24(43)14-47-23-10-9-16(36)12-18(23)25-26-19-13-20(29(26)48-31-30(25)49-34(46)41-31)28-27(19)32(44)42(33(28)45)22-8-3-2-7-21(22)35(37,38)39/h2-12,19-20,25-29H,13-14H2,1H3,(H,40,43)(H,41,46)/t19?,20?,25-,26?,27?,28?,29?/m1/s1. The number of thiazole rings is 1. The van der Waals surface area contributed by atoms with Crippen LogP contribution in [0, 0.1) is 36.5 Å². The van der Waals surface area contributed by atoms with Crippen LogP contribution in [0.3, 0.4) is 0 Å². The van der Waals surface area contributed by atoms with Gasteiger partial charge in [0.1, 0.15) is 5.75 Å². The minimum absolute atomic E-state index is 0.194. The maximum absolute atomic E-state index is 14.1. The summed E-state index contributed by atoms with van der Waals surface area (Å²) >= 11 is 6.11. The molecule has 0 radical (unpaired) electrons. The second-order valence-corrected chi connectivity index (χ2v) is 16.0. The summed E-state index contributed by atoms with van der Waals surface area (Å²) in [7, 11) is 0. The molecule has 2 N–H and O–H groups in total. The molecule has 2 aliphatic carbocycles. The Balaban J connectivity index is 1.15. The first-order valence-corrected chi connectivity index (χ1v) is 18.1. The fourth-order valence-electron chi connectivity index (χ4n) is 8.47. The van der Waals surface area contributed by atoms with Gasteiger partial charge in [0.25, 0.3) is 5.91 Å². The number of halogens is 4. The quantitative estimate of drug-likeness (QED) is 0.201. The molecule has 3 fully saturated rings. The molecule has 1 saturated heterocycles. The van der Waals surface area contributed by atoms with Crippen LogP contribution < -0.4 is 19.8 Å². The van der Waals surface area contributed by atoms with E-state index in [2.05, 4.69) is 26.2 Å². The molecule has 1 aromatic heterocycles. The smallest absolute Gasteiger partial charge is 0.418 e. The molecule has 3 amide bonds. The maximum atomic E-state index is 14.1. The monoisotopic (exact) mass is 769 g/mol. The highest BCUT2D eigenvalue weighted by atomic mass is 79.9. The summed E-state index contributed by atoms with van der Waals surface area (Å²) in [5.74, 6) is -4.01. The van der Waals surface area contributed by atoms with Gasteiger partial charge in [0.05, 0.1) is 28.1 Å². The molecule has 3 heterocycles. The van der Waals surface area contributed by atoms with Crippen molar-refractivity contribution in [1.82, 2.24) is 4.98 Å². The van der Waals surface area contributed by atoms with E-state index in [0.717, 1.165) is 37.2 Å². The highest BCUT2D eigenvalue weighted by Crippen LogP contribution is 2.69. The average molecular weight is 771 g/mol. The second-order valence-electron chi connectivity index (χ2n) is 12.9. The lowest BCUT2D eigenvalue weighted by Gasteiger charge is -2.43. The summed E-state index contributed by atoms with van der Waals surface area (Å²) < 4.78 is 49.0. The highest BCUT2D eigenvalue weighted by molar-refractivity contribution is 9.10. The first-order valence-electron chi connectivity index (χ1n) is 15.6. The number of H-pyrrole nitrogens is 1. The first-order chi connectivity index (χ1) is 23.4. The predicted molar refractivity (Wildman–Crippen MR) is 182 cm³/mol. The van der Waals surface area contributed by atoms with E-state index >= 15 is 0 Å². The van der Waals surface area contributed by atoms with Gasteiger partial charge in [-0.15, -0.1) is 11.8 Å². The zero-order valence-electron chi connectivity index (χ0n) is 25.6. The van der Waals surface area contributed by atoms with Crippen molar-refractivity contribution in [1.29, 1.82) is 0 Å². The van der Waals surface area contributed by atoms with Gasteiger partial charge < -0.3 is 15.0 Å². The van der Waals surface area contributed by atoms with Crippen molar-refractivity contribution in [3.05, 3.63) is 102 Å². The number of anilines is 2. The Labute approximate surface area is 294 Å². The van der Waals surface area contributed by atoms with Crippen LogP contribution in [0.4, 0.5) is 24.5 Å². The van der Waals surface area contributed by atoms with Gasteiger partial charge in [0.2, 0.25) is 11.8 Å². The molecule has 49 heavy (non-hydrogen) atoms. The second kappa shape index (κ2) is 11.9. The molecule has 0 spiro atoms. The van der Waals surface area contributed by atoms with Crippen molar-refractivity contribution >= 4 is 68.1 Å². The van der Waals surface area contributed by atoms with Gasteiger partial charge in [-0.25, -0.2) is 4.90 Å². The van der Waals surface area contributed by atoms with E-state index in [9.17, 15) is 32.3 Å². The third kappa shape index (κ3) is 5.34. The number of alkyl halides is 3. The van der Waals surface area contributed by atoms with E-state index in [4.69, 9.17) is 4.74 Å². The van der Waals surface area contributed by atoms with Gasteiger partial charge in [-0.05, 0) is 79.1 Å². The molecular formula is C35H27BrF3N3O5S2. The Morgan fingerprint density at radius 1 is 1.02 bits per heavy atom. The zero-order chi connectivity index (χ0) is 34.4. The molecule has 4 aliphatic rings. The Morgan fingerprint density at radius 3 is 2.53 bits per heavy atom. The number of benzene rings is 3. The third-order valence-electron chi connectivity index (χ3n) is 10.1. The number of imide groups is 1. The van der Waals surface area contributed by atoms with Crippen LogP contribution in [0.25, 0.3) is 0 Å². The SMILES string of the molecule is Cc1cccc(NC(=O)COc2ccc(Br)cc2[C@H]2c3sc(=O)[nH]c3SC3C4CC(C5C(=O)N(c6ccccc6C(F)(F)F)C(=O)C45)C32)c1. The predicted octanol–water partition coefficient (Wildman–Crippen LogP) is 7.22. The molecule has 252 valence electrons. The van der Waals surface area contributed by atoms with Crippen LogP contribution in [-0.2, 0) is 20.6 Å². The maximum Gasteiger partial charge on any atom is 0.418 e. The van der Waals surface area contributed by atoms with Gasteiger partial charge >= 0.3 is 11.0 Å². The summed E-state index contributed by atoms with van der Waals surface area (Å²) in [6.45, 7) is 1.64. The lowest BCUT2D eigenvalue weighted by molar-refractivity contribution is -0.137. The van der Waals surface area contributed by atoms with Crippen LogP contribution >= 0.6 is 39.0 Å². The fraction of sp³-hybridized carbons (Fsp3) is 0.314. The number of rotatable bonds is 6. The molecule has 2 bridgehead atoms. The molecule has 6 unspecified atom stereocenters. The van der Waals surface area contributed by atoms with E-state index < -0.39 is 47.0 Å². The normalized spacial score (nSPS) is 26.8. The summed E-state index contributed by atoms with van der Waals surface area (Å²) in [6, 6.07) is 17.5. The number of hydrogen-bond acceptors (Lipinski definition) is 7. The number of carbonyl (C=O) groups excluding carboxylic acids is 3. The minimum atomic E-state index is -4.75. The van der Waals surface area contributed by atoms with E-state index in [0.29, 0.717) is 28.4 Å². The van der Waals surface area contributed by atoms with E-state index in [1.807, 2.05) is 31.2 Å². The molecule has 2 saturated carbocycles. The number of aromatic nitrogens is 1. The molecule has 7 atom stereocenters. The van der Waals surface area contributed by atoms with Crippen LogP contribution in [0.15, 0.2) is 81.0 Å². The van der Waals surface area contributed by atoms with Gasteiger partial charge in [-0.3, -0.25) is 19.2 Å². The number of para-hydroxylation sites is 1. The minimum Gasteiger partial charge on any atom is -0.483 e. The molecule has 4 aromatic rings. The Bertz CT molecular complexity index is 2100. The van der Waals surface area contributed by atoms with Gasteiger partial charge in [0, 0.05) is 31.8 Å². The third-order valence-corrected chi connectivity index (χ3v) is 13.2. The molecular weight excluding hydrogens is 743 g/mol. The van der Waals surface area contributed by atoms with Crippen molar-refractivity contribution in [3.63, 3.8) is 0 Å². The Kier molecular flexibility index (Phi) is 7.83. The number of nitrogens with zero attached hydrogens (tertiary/aromatic N) is 1. The number of carbonyl (C=O) groups is 3. The van der Waals surface area contributed by atoms with Gasteiger partial charge in [0.15, 0.2) is 6.61 Å². The van der Waals surface area contributed by atoms with E-state index in [1.165, 1.54) is 30.0 Å². The van der Waals surface area contributed by atoms with E-state index in [1.54, 1.807) is 18.2 Å². The number of amides is 3. The van der Waals surface area contributed by atoms with Crippen LogP contribution in [0.1, 0.15) is 33.9 Å². The summed E-state index contributed by atoms with van der Waals surface area (Å²) in [6.07, 6.45) is -4.19. The molecule has 8 rings (SSSR count). The number of aryl methyl sites for hydroxylation is 1. The summed E-state index contributed by atoms with van der Waals surface area (Å²) in [5, 5.41) is 3.32. The van der Waals surface area contributed by atoms with Gasteiger partial charge in [-0.2, -0.15) is 13.2 Å². The van der Waals surface area contributed by atoms with Crippen LogP contribution in [0.2, 0.25) is 0 Å². The van der Waals surface area contributed by atoms with Gasteiger partial charge in [-0.1, -0.05) is 51.5 Å². The number of nitrogens with one attached hydrogen (secondary N) is 2. The van der Waals surface area contributed by atoms with Crippen molar-refractivity contribution in [2.45, 2.75) is 35.7 Å². The van der Waals surface area contributed by atoms with Crippen molar-refractivity contribution in [2.75, 3.05) is 16.8 Å². The summed E-state index contributed by atoms with van der Waals surface area (Å²) in [4.78, 5) is 58.0. The van der Waals surface area contributed by atoms with Crippen LogP contribution in [-0.4, -0.2) is 34.6 Å². The molecule has 2 aliphatic heterocycles. The number of fused-ring (bicyclic) bond motifs is 9. The first kappa shape index (κ1) is 32.3. The number of ether oxygens (including phenoxy) is 1. The van der Waals surface area contributed by atoms with Crippen LogP contribution in [0.5, 0.6) is 5.75 Å². The average Bonchev–Trinajstić information content (AvgIpc) is 3.78. The number of thioether (sulfide) groups is 1. The zero-order valence-corrected chi connectivity index (χ0v) is 28.8. The molecule has 3 aromatic carbocycles. The molecule has 8 nitrogen and oxygen atoms in total. The lowest BCUT2D eigenvalue weighted by atomic mass is 9.68. The molecule has 14 heteroatoms. The fourth-order valence-corrected chi connectivity index (χ4v) is 11.7. The van der Waals surface area contributed by atoms with Crippen molar-refractivity contribution < 1.29 is 32.3 Å². The number of aromatic amines is 1. The lowest BCUT2D eigenvalue weighted by Crippen LogP contribution is -2.42. The van der Waals surface area contributed by atoms with E-state index in [-0.39, 0.29) is 40.4 Å². The Hall–Kier alpha value is -3.88. The Morgan fingerprint density at radius 2 is 1.78 bits per heavy atom. The topological polar surface area (TPSA) is 109 Å². The largest absolute Gasteiger partial charge is 0.483 e. The highest BCUT2D eigenvalue weighted by Gasteiger charge is 2.70. The van der Waals surface area contributed by atoms with Crippen molar-refractivity contribution in [3.8, 4) is 5.75 Å². The number of hydrogen-bond donors (Lipinski definition) is 2. The van der Waals surface area contributed by atoms with Crippen molar-refractivity contribution in [2.24, 2.45) is 29.6 Å².